The van der Waals surface area contributed by atoms with Crippen molar-refractivity contribution < 1.29 is 72.2 Å². The molecule has 2 fully saturated rings. The molecule has 0 saturated carbocycles. The summed E-state index contributed by atoms with van der Waals surface area (Å²) in [4.78, 5) is 0. The standard InChI is InChI=1S/C12H22O11.C12H26O4S/c13-1-4-6(16)8(18)9(19)11(21-4)23-12(3-15)10(20)7(17)5(2-14)22-12;1-2-3-4-5-6-7-8-9-10-11-12-16-17(13,14)15/h4-11,13-20H,1-3H2;2-12H2,1H3,(H,13,14,15)/t4-,5-,6-,7-,8+,9-,10+,11-,12+;/m1./s1. The molecule has 9 atom stereocenters. The molecular weight excluding hydrogens is 560 g/mol. The molecule has 2 aliphatic rings. The molecule has 40 heavy (non-hydrogen) atoms. The minimum atomic E-state index is -4.23. The van der Waals surface area contributed by atoms with E-state index in [1.165, 1.54) is 44.9 Å². The highest BCUT2D eigenvalue weighted by molar-refractivity contribution is 7.80. The normalized spacial score (nSPS) is 34.5. The van der Waals surface area contributed by atoms with Crippen molar-refractivity contribution in [1.82, 2.24) is 0 Å². The molecule has 9 N–H and O–H groups in total. The van der Waals surface area contributed by atoms with Crippen LogP contribution in [0.5, 0.6) is 0 Å². The average molecular weight is 609 g/mol. The lowest BCUT2D eigenvalue weighted by molar-refractivity contribution is -0.383. The first-order chi connectivity index (χ1) is 18.9. The van der Waals surface area contributed by atoms with E-state index >= 15 is 0 Å². The van der Waals surface area contributed by atoms with Crippen LogP contribution in [-0.4, -0.2) is 135 Å². The van der Waals surface area contributed by atoms with Crippen molar-refractivity contribution in [2.24, 2.45) is 0 Å². The maximum atomic E-state index is 10.2. The van der Waals surface area contributed by atoms with Gasteiger partial charge in [0.2, 0.25) is 5.79 Å². The van der Waals surface area contributed by atoms with Crippen LogP contribution >= 0.6 is 0 Å². The van der Waals surface area contributed by atoms with Crippen LogP contribution in [0.1, 0.15) is 71.1 Å². The van der Waals surface area contributed by atoms with E-state index in [9.17, 15) is 39.1 Å². The average Bonchev–Trinajstić information content (AvgIpc) is 3.16. The van der Waals surface area contributed by atoms with Crippen molar-refractivity contribution in [3.63, 3.8) is 0 Å². The van der Waals surface area contributed by atoms with E-state index < -0.39 is 85.0 Å². The van der Waals surface area contributed by atoms with Gasteiger partial charge in [-0.1, -0.05) is 64.7 Å². The van der Waals surface area contributed by atoms with Crippen molar-refractivity contribution in [2.75, 3.05) is 26.4 Å². The minimum Gasteiger partial charge on any atom is -0.394 e. The molecule has 0 aromatic heterocycles. The lowest BCUT2D eigenvalue weighted by atomic mass is 9.99. The summed E-state index contributed by atoms with van der Waals surface area (Å²) in [5.41, 5.74) is 0. The van der Waals surface area contributed by atoms with Crippen LogP contribution < -0.4 is 0 Å². The fourth-order valence-electron chi connectivity index (χ4n) is 4.39. The van der Waals surface area contributed by atoms with Gasteiger partial charge >= 0.3 is 10.4 Å². The summed E-state index contributed by atoms with van der Waals surface area (Å²) in [5, 5.41) is 76.7. The van der Waals surface area contributed by atoms with Gasteiger partial charge < -0.3 is 55.1 Å². The summed E-state index contributed by atoms with van der Waals surface area (Å²) in [6, 6.07) is 0. The molecule has 16 heteroatoms. The Hall–Kier alpha value is -0.570. The second-order valence-electron chi connectivity index (χ2n) is 9.99. The van der Waals surface area contributed by atoms with Crippen LogP contribution in [0.15, 0.2) is 0 Å². The Morgan fingerprint density at radius 2 is 1.25 bits per heavy atom. The first kappa shape index (κ1) is 37.5. The third-order valence-corrected chi connectivity index (χ3v) is 7.27. The molecular formula is C24H48O15S. The molecule has 2 saturated heterocycles. The molecule has 240 valence electrons. The van der Waals surface area contributed by atoms with E-state index in [4.69, 9.17) is 29.0 Å². The number of aliphatic hydroxyl groups is 8. The number of rotatable bonds is 17. The summed E-state index contributed by atoms with van der Waals surface area (Å²) in [7, 11) is -4.23. The molecule has 2 heterocycles. The van der Waals surface area contributed by atoms with E-state index in [2.05, 4.69) is 11.1 Å². The van der Waals surface area contributed by atoms with Crippen LogP contribution in [0.3, 0.4) is 0 Å². The number of ether oxygens (including phenoxy) is 3. The largest absolute Gasteiger partial charge is 0.397 e. The van der Waals surface area contributed by atoms with Gasteiger partial charge in [0.25, 0.3) is 0 Å². The van der Waals surface area contributed by atoms with Crippen molar-refractivity contribution >= 4 is 10.4 Å². The predicted octanol–water partition coefficient (Wildman–Crippen LogP) is -1.67. The second-order valence-corrected chi connectivity index (χ2v) is 11.1. The number of hydrogen-bond acceptors (Lipinski definition) is 14. The molecule has 0 bridgehead atoms. The zero-order valence-electron chi connectivity index (χ0n) is 22.9. The molecule has 15 nitrogen and oxygen atoms in total. The highest BCUT2D eigenvalue weighted by Crippen LogP contribution is 2.35. The van der Waals surface area contributed by atoms with Gasteiger partial charge in [-0.2, -0.15) is 8.42 Å². The van der Waals surface area contributed by atoms with E-state index in [1.54, 1.807) is 0 Å². The molecule has 2 aliphatic heterocycles. The van der Waals surface area contributed by atoms with E-state index in [1.807, 2.05) is 0 Å². The van der Waals surface area contributed by atoms with Gasteiger partial charge in [0.15, 0.2) is 6.29 Å². The SMILES string of the molecule is CCCCCCCCCCCCOS(=O)(=O)O.OC[C@H]1O[C@@](CO)(O[C@H]2O[C@H](CO)[C@@H](O)[C@H](O)[C@H]2O)[C@@H](O)[C@@H]1O. The highest BCUT2D eigenvalue weighted by Gasteiger charge is 2.58. The maximum Gasteiger partial charge on any atom is 0.397 e. The minimum absolute atomic E-state index is 0.0926. The van der Waals surface area contributed by atoms with Crippen molar-refractivity contribution in [1.29, 1.82) is 0 Å². The third-order valence-electron chi connectivity index (χ3n) is 6.80. The summed E-state index contributed by atoms with van der Waals surface area (Å²) >= 11 is 0. The molecule has 0 spiro atoms. The van der Waals surface area contributed by atoms with E-state index in [0.717, 1.165) is 12.8 Å². The van der Waals surface area contributed by atoms with Crippen molar-refractivity contribution in [2.45, 2.75) is 126 Å². The summed E-state index contributed by atoms with van der Waals surface area (Å²) in [6.45, 7) is -0.0129. The maximum absolute atomic E-state index is 10.2. The first-order valence-corrected chi connectivity index (χ1v) is 15.1. The predicted molar refractivity (Wildman–Crippen MR) is 138 cm³/mol. The Morgan fingerprint density at radius 3 is 1.70 bits per heavy atom. The number of aliphatic hydroxyl groups excluding tert-OH is 8. The van der Waals surface area contributed by atoms with Gasteiger partial charge in [-0.15, -0.1) is 0 Å². The smallest absolute Gasteiger partial charge is 0.394 e. The fraction of sp³-hybridized carbons (Fsp3) is 1.00. The summed E-state index contributed by atoms with van der Waals surface area (Å²) in [6.07, 6.45) is -0.801. The molecule has 0 aliphatic carbocycles. The zero-order valence-corrected chi connectivity index (χ0v) is 23.7. The highest BCUT2D eigenvalue weighted by atomic mass is 32.3. The zero-order chi connectivity index (χ0) is 30.3. The van der Waals surface area contributed by atoms with Crippen LogP contribution in [0.4, 0.5) is 0 Å². The van der Waals surface area contributed by atoms with Gasteiger partial charge in [-0.05, 0) is 6.42 Å². The van der Waals surface area contributed by atoms with E-state index in [-0.39, 0.29) is 6.61 Å². The molecule has 0 unspecified atom stereocenters. The summed E-state index contributed by atoms with van der Waals surface area (Å²) < 4.78 is 48.4. The topological polar surface area (TPSA) is 253 Å². The van der Waals surface area contributed by atoms with Gasteiger partial charge in [0.1, 0.15) is 49.3 Å². The lowest BCUT2D eigenvalue weighted by Gasteiger charge is -2.43. The lowest BCUT2D eigenvalue weighted by Crippen LogP contribution is -2.62. The Kier molecular flexibility index (Phi) is 17.7. The monoisotopic (exact) mass is 608 g/mol. The number of hydrogen-bond donors (Lipinski definition) is 9. The quantitative estimate of drug-likeness (QED) is 0.0661. The first-order valence-electron chi connectivity index (χ1n) is 13.7. The van der Waals surface area contributed by atoms with Gasteiger partial charge in [0, 0.05) is 0 Å². The van der Waals surface area contributed by atoms with Gasteiger partial charge in [0.05, 0.1) is 19.8 Å². The third kappa shape index (κ3) is 12.0. The van der Waals surface area contributed by atoms with E-state index in [0.29, 0.717) is 6.42 Å². The van der Waals surface area contributed by atoms with Crippen LogP contribution in [0.2, 0.25) is 0 Å². The van der Waals surface area contributed by atoms with Crippen molar-refractivity contribution in [3.8, 4) is 0 Å². The molecule has 0 aromatic carbocycles. The van der Waals surface area contributed by atoms with Crippen molar-refractivity contribution in [3.05, 3.63) is 0 Å². The molecule has 2 rings (SSSR count). The Balaban J connectivity index is 0.000000421. The molecule has 0 aromatic rings. The number of unbranched alkanes of at least 4 members (excludes halogenated alkanes) is 9. The van der Waals surface area contributed by atoms with Crippen LogP contribution in [0, 0.1) is 0 Å². The second kappa shape index (κ2) is 18.9. The molecule has 0 radical (unpaired) electrons. The summed E-state index contributed by atoms with van der Waals surface area (Å²) in [5.74, 6) is -2.22. The Bertz CT molecular complexity index is 769. The van der Waals surface area contributed by atoms with Crippen LogP contribution in [-0.2, 0) is 28.8 Å². The van der Waals surface area contributed by atoms with Crippen LogP contribution in [0.25, 0.3) is 0 Å². The Labute approximate surface area is 235 Å². The fourth-order valence-corrected chi connectivity index (χ4v) is 4.71. The van der Waals surface area contributed by atoms with Gasteiger partial charge in [-0.25, -0.2) is 4.18 Å². The molecule has 0 amide bonds. The van der Waals surface area contributed by atoms with Gasteiger partial charge in [-0.3, -0.25) is 4.55 Å². The Morgan fingerprint density at radius 1 is 0.725 bits per heavy atom.